The van der Waals surface area contributed by atoms with E-state index in [0.717, 1.165) is 13.0 Å². The van der Waals surface area contributed by atoms with Gasteiger partial charge in [0, 0.05) is 6.61 Å². The van der Waals surface area contributed by atoms with Crippen molar-refractivity contribution in [2.24, 2.45) is 5.92 Å². The molecule has 0 N–H and O–H groups in total. The van der Waals surface area contributed by atoms with Crippen molar-refractivity contribution in [3.8, 4) is 0 Å². The van der Waals surface area contributed by atoms with E-state index in [1.54, 1.807) is 0 Å². The number of rotatable bonds is 8. The van der Waals surface area contributed by atoms with Gasteiger partial charge < -0.3 is 4.74 Å². The Morgan fingerprint density at radius 2 is 1.85 bits per heavy atom. The molecule has 1 aromatic rings. The molecule has 0 aromatic heterocycles. The Balaban J connectivity index is 2.36. The fourth-order valence-electron chi connectivity index (χ4n) is 2.06. The van der Waals surface area contributed by atoms with Gasteiger partial charge >= 0.3 is 0 Å². The molecule has 0 aliphatic carbocycles. The van der Waals surface area contributed by atoms with Crippen LogP contribution in [-0.2, 0) is 4.74 Å². The minimum Gasteiger partial charge on any atom is -0.379 e. The summed E-state index contributed by atoms with van der Waals surface area (Å²) in [5, 5.41) is 0. The van der Waals surface area contributed by atoms with Crippen LogP contribution in [-0.4, -0.2) is 12.7 Å². The fraction of sp³-hybridized carbons (Fsp3) is 0.579. The maximum atomic E-state index is 5.64. The summed E-state index contributed by atoms with van der Waals surface area (Å²) in [5.41, 5.74) is 2.72. The second-order valence-electron chi connectivity index (χ2n) is 6.29. The lowest BCUT2D eigenvalue weighted by molar-refractivity contribution is 0.0536. The minimum absolute atomic E-state index is 0.340. The molecule has 0 heterocycles. The monoisotopic (exact) mass is 274 g/mol. The highest BCUT2D eigenvalue weighted by molar-refractivity contribution is 5.50. The lowest BCUT2D eigenvalue weighted by Gasteiger charge is -2.13. The molecule has 1 rings (SSSR count). The van der Waals surface area contributed by atoms with Crippen LogP contribution in [0.1, 0.15) is 64.5 Å². The van der Waals surface area contributed by atoms with Crippen molar-refractivity contribution >= 4 is 6.08 Å². The van der Waals surface area contributed by atoms with Gasteiger partial charge in [-0.15, -0.1) is 0 Å². The number of ether oxygens (including phenoxy) is 1. The smallest absolute Gasteiger partial charge is 0.0519 e. The van der Waals surface area contributed by atoms with Crippen molar-refractivity contribution in [1.82, 2.24) is 0 Å². The third-order valence-corrected chi connectivity index (χ3v) is 3.43. The molecule has 0 bridgehead atoms. The van der Waals surface area contributed by atoms with Crippen LogP contribution in [0.4, 0.5) is 0 Å². The second-order valence-corrected chi connectivity index (χ2v) is 6.29. The van der Waals surface area contributed by atoms with Crippen LogP contribution >= 0.6 is 0 Å². The third-order valence-electron chi connectivity index (χ3n) is 3.43. The van der Waals surface area contributed by atoms with Gasteiger partial charge in [-0.3, -0.25) is 0 Å². The molecule has 1 nitrogen and oxygen atoms in total. The van der Waals surface area contributed by atoms with Gasteiger partial charge in [-0.2, -0.15) is 0 Å². The molecule has 1 aromatic carbocycles. The van der Waals surface area contributed by atoms with Gasteiger partial charge in [0.15, 0.2) is 0 Å². The SMILES string of the molecule is CC(C)OC[C@H](C)CC/C=C/c1cccc(C(C)C)c1. The van der Waals surface area contributed by atoms with Gasteiger partial charge in [0.1, 0.15) is 0 Å². The number of hydrogen-bond donors (Lipinski definition) is 0. The van der Waals surface area contributed by atoms with Crippen LogP contribution in [0.25, 0.3) is 6.08 Å². The Kier molecular flexibility index (Phi) is 7.61. The van der Waals surface area contributed by atoms with E-state index in [-0.39, 0.29) is 0 Å². The molecule has 0 spiro atoms. The first kappa shape index (κ1) is 17.0. The molecule has 0 unspecified atom stereocenters. The van der Waals surface area contributed by atoms with Gasteiger partial charge in [-0.1, -0.05) is 57.2 Å². The largest absolute Gasteiger partial charge is 0.379 e. The van der Waals surface area contributed by atoms with E-state index in [9.17, 15) is 0 Å². The molecular formula is C19H30O. The zero-order valence-electron chi connectivity index (χ0n) is 13.7. The summed E-state index contributed by atoms with van der Waals surface area (Å²) in [7, 11) is 0. The molecule has 0 aliphatic heterocycles. The van der Waals surface area contributed by atoms with Crippen LogP contribution in [0, 0.1) is 5.92 Å². The normalized spacial score (nSPS) is 13.6. The van der Waals surface area contributed by atoms with E-state index in [1.807, 2.05) is 0 Å². The van der Waals surface area contributed by atoms with Gasteiger partial charge in [0.05, 0.1) is 6.10 Å². The molecule has 1 atom stereocenters. The molecular weight excluding hydrogens is 244 g/mol. The summed E-state index contributed by atoms with van der Waals surface area (Å²) in [6.45, 7) is 11.8. The number of allylic oxidation sites excluding steroid dienone is 1. The topological polar surface area (TPSA) is 9.23 Å². The van der Waals surface area contributed by atoms with Crippen LogP contribution in [0.2, 0.25) is 0 Å². The van der Waals surface area contributed by atoms with E-state index >= 15 is 0 Å². The van der Waals surface area contributed by atoms with Crippen molar-refractivity contribution in [2.45, 2.75) is 59.5 Å². The highest BCUT2D eigenvalue weighted by Crippen LogP contribution is 2.17. The molecule has 1 heteroatoms. The van der Waals surface area contributed by atoms with Crippen molar-refractivity contribution in [1.29, 1.82) is 0 Å². The van der Waals surface area contributed by atoms with Crippen LogP contribution in [0.5, 0.6) is 0 Å². The molecule has 0 fully saturated rings. The summed E-state index contributed by atoms with van der Waals surface area (Å²) < 4.78 is 5.64. The Morgan fingerprint density at radius 3 is 2.50 bits per heavy atom. The summed E-state index contributed by atoms with van der Waals surface area (Å²) in [4.78, 5) is 0. The van der Waals surface area contributed by atoms with Crippen molar-refractivity contribution in [2.75, 3.05) is 6.61 Å². The predicted octanol–water partition coefficient (Wildman–Crippen LogP) is 5.66. The van der Waals surface area contributed by atoms with Crippen molar-refractivity contribution in [3.63, 3.8) is 0 Å². The summed E-state index contributed by atoms with van der Waals surface area (Å²) in [6, 6.07) is 8.81. The number of hydrogen-bond acceptors (Lipinski definition) is 1. The standard InChI is InChI=1S/C19H30O/c1-15(2)19-12-8-11-18(13-19)10-7-6-9-17(5)14-20-16(3)4/h7-8,10-13,15-17H,6,9,14H2,1-5H3/b10-7+/t17-/m1/s1. The van der Waals surface area contributed by atoms with Crippen LogP contribution < -0.4 is 0 Å². The highest BCUT2D eigenvalue weighted by atomic mass is 16.5. The highest BCUT2D eigenvalue weighted by Gasteiger charge is 2.02. The Labute approximate surface area is 125 Å². The van der Waals surface area contributed by atoms with E-state index in [1.165, 1.54) is 17.5 Å². The minimum atomic E-state index is 0.340. The Hall–Kier alpha value is -1.08. The average Bonchev–Trinajstić information content (AvgIpc) is 2.41. The van der Waals surface area contributed by atoms with Crippen LogP contribution in [0.3, 0.4) is 0 Å². The van der Waals surface area contributed by atoms with Gasteiger partial charge in [0.25, 0.3) is 0 Å². The van der Waals surface area contributed by atoms with Gasteiger partial charge in [-0.25, -0.2) is 0 Å². The van der Waals surface area contributed by atoms with E-state index in [2.05, 4.69) is 71.0 Å². The first-order valence-corrected chi connectivity index (χ1v) is 7.87. The van der Waals surface area contributed by atoms with Gasteiger partial charge in [0.2, 0.25) is 0 Å². The third kappa shape index (κ3) is 6.91. The fourth-order valence-corrected chi connectivity index (χ4v) is 2.06. The first-order chi connectivity index (χ1) is 9.49. The summed E-state index contributed by atoms with van der Waals surface area (Å²) >= 11 is 0. The van der Waals surface area contributed by atoms with E-state index in [0.29, 0.717) is 17.9 Å². The molecule has 0 radical (unpaired) electrons. The lowest BCUT2D eigenvalue weighted by atomic mass is 10.0. The number of benzene rings is 1. The van der Waals surface area contributed by atoms with Crippen LogP contribution in [0.15, 0.2) is 30.3 Å². The maximum absolute atomic E-state index is 5.64. The molecule has 20 heavy (non-hydrogen) atoms. The Bertz CT molecular complexity index is 404. The molecule has 112 valence electrons. The van der Waals surface area contributed by atoms with E-state index in [4.69, 9.17) is 4.74 Å². The van der Waals surface area contributed by atoms with Crippen molar-refractivity contribution < 1.29 is 4.74 Å². The molecule has 0 saturated carbocycles. The zero-order valence-corrected chi connectivity index (χ0v) is 13.7. The maximum Gasteiger partial charge on any atom is 0.0519 e. The Morgan fingerprint density at radius 1 is 1.10 bits per heavy atom. The first-order valence-electron chi connectivity index (χ1n) is 7.87. The molecule has 0 amide bonds. The molecule has 0 aliphatic rings. The van der Waals surface area contributed by atoms with Crippen molar-refractivity contribution in [3.05, 3.63) is 41.5 Å². The average molecular weight is 274 g/mol. The lowest BCUT2D eigenvalue weighted by Crippen LogP contribution is -2.10. The zero-order chi connectivity index (χ0) is 15.0. The summed E-state index contributed by atoms with van der Waals surface area (Å²) in [5.74, 6) is 1.22. The van der Waals surface area contributed by atoms with E-state index < -0.39 is 0 Å². The molecule has 0 saturated heterocycles. The quantitative estimate of drug-likeness (QED) is 0.594. The van der Waals surface area contributed by atoms with Gasteiger partial charge in [-0.05, 0) is 49.7 Å². The predicted molar refractivity (Wildman–Crippen MR) is 89.1 cm³/mol. The second kappa shape index (κ2) is 8.97. The summed E-state index contributed by atoms with van der Waals surface area (Å²) in [6.07, 6.45) is 7.17.